The summed E-state index contributed by atoms with van der Waals surface area (Å²) < 4.78 is 19.2. The number of methoxy groups -OCH3 is 2. The minimum Gasteiger partial charge on any atom is -0.382 e. The highest BCUT2D eigenvalue weighted by Gasteiger charge is 2.19. The zero-order valence-electron chi connectivity index (χ0n) is 13.4. The topological polar surface area (TPSA) is 89.1 Å². The predicted molar refractivity (Wildman–Crippen MR) is 85.0 cm³/mol. The van der Waals surface area contributed by atoms with Gasteiger partial charge in [0.05, 0.1) is 19.3 Å². The van der Waals surface area contributed by atoms with Crippen molar-refractivity contribution in [2.75, 3.05) is 47.3 Å². The molecule has 0 rings (SSSR count). The van der Waals surface area contributed by atoms with Gasteiger partial charge in [0, 0.05) is 39.3 Å². The van der Waals surface area contributed by atoms with Crippen molar-refractivity contribution in [3.8, 4) is 0 Å². The summed E-state index contributed by atoms with van der Waals surface area (Å²) in [6, 6.07) is 0. The highest BCUT2D eigenvalue weighted by Crippen LogP contribution is 2.09. The molecule has 0 saturated heterocycles. The summed E-state index contributed by atoms with van der Waals surface area (Å²) in [5.41, 5.74) is 0. The number of ether oxygens (including phenoxy) is 3. The highest BCUT2D eigenvalue weighted by molar-refractivity contribution is 7.97. The molecule has 0 aliphatic rings. The molecule has 2 atom stereocenters. The lowest BCUT2D eigenvalue weighted by Gasteiger charge is -2.30. The molecule has 0 fully saturated rings. The number of carbonyl (C=O) groups excluding carboxylic acids is 2. The first-order chi connectivity index (χ1) is 10.6. The fraction of sp³-hybridized carbons (Fsp3) is 0.692. The van der Waals surface area contributed by atoms with Crippen molar-refractivity contribution in [1.82, 2.24) is 14.9 Å². The third-order valence-electron chi connectivity index (χ3n) is 2.54. The fourth-order valence-corrected chi connectivity index (χ4v) is 2.02. The Morgan fingerprint density at radius 3 is 2.55 bits per heavy atom. The van der Waals surface area contributed by atoms with E-state index in [0.717, 1.165) is 0 Å². The van der Waals surface area contributed by atoms with Gasteiger partial charge >= 0.3 is 0 Å². The summed E-state index contributed by atoms with van der Waals surface area (Å²) in [6.07, 6.45) is 2.58. The number of nitrogens with zero attached hydrogens (tertiary/aromatic N) is 1. The lowest BCUT2D eigenvalue weighted by atomic mass is 10.4. The molecule has 0 bridgehead atoms. The Bertz CT molecular complexity index is 344. The third kappa shape index (κ3) is 9.74. The van der Waals surface area contributed by atoms with Gasteiger partial charge in [0.1, 0.15) is 0 Å². The Hall–Kier alpha value is -1.13. The van der Waals surface area contributed by atoms with Crippen LogP contribution in [0.2, 0.25) is 0 Å². The Morgan fingerprint density at radius 2 is 2.00 bits per heavy atom. The Balaban J connectivity index is 4.64. The number of likely N-dealkylation sites (N-methyl/N-ethyl adjacent to an activating group) is 1. The van der Waals surface area contributed by atoms with Crippen LogP contribution in [0.15, 0.2) is 12.3 Å². The second-order valence-electron chi connectivity index (χ2n) is 4.25. The molecule has 0 heterocycles. The van der Waals surface area contributed by atoms with Gasteiger partial charge < -0.3 is 19.1 Å². The maximum absolute atomic E-state index is 11.2. The normalized spacial score (nSPS) is 13.8. The summed E-state index contributed by atoms with van der Waals surface area (Å²) in [5, 5.41) is 2.02. The van der Waals surface area contributed by atoms with Crippen molar-refractivity contribution in [2.24, 2.45) is 0 Å². The van der Waals surface area contributed by atoms with Crippen molar-refractivity contribution in [1.29, 1.82) is 0 Å². The predicted octanol–water partition coefficient (Wildman–Crippen LogP) is -0.424. The Kier molecular flexibility index (Phi) is 12.8. The van der Waals surface area contributed by atoms with Crippen LogP contribution in [0.3, 0.4) is 0 Å². The van der Waals surface area contributed by atoms with Gasteiger partial charge in [-0.3, -0.25) is 19.6 Å². The molecule has 22 heavy (non-hydrogen) atoms. The molecule has 128 valence electrons. The quantitative estimate of drug-likeness (QED) is 0.203. The fourth-order valence-electron chi connectivity index (χ4n) is 1.49. The Labute approximate surface area is 135 Å². The van der Waals surface area contributed by atoms with Crippen LogP contribution in [0.4, 0.5) is 0 Å². The molecule has 2 unspecified atom stereocenters. The molecule has 0 aliphatic heterocycles. The zero-order chi connectivity index (χ0) is 16.8. The molecular formula is C13H25N3O5S. The first-order valence-corrected chi connectivity index (χ1v) is 7.63. The standard InChI is InChI=1S/C13H25N3O5S/c1-14-22-9-11(7-19-3)21-13(8-20-4)16(2)6-5-12(18)15-10-17/h5-6,10-11,13-14H,7-9H2,1-4H3,(H,15,17,18)/b6-5-. The zero-order valence-corrected chi connectivity index (χ0v) is 14.2. The lowest BCUT2D eigenvalue weighted by Crippen LogP contribution is -2.40. The molecule has 8 nitrogen and oxygen atoms in total. The molecule has 0 aromatic rings. The summed E-state index contributed by atoms with van der Waals surface area (Å²) in [7, 11) is 6.77. The van der Waals surface area contributed by atoms with E-state index in [9.17, 15) is 9.59 Å². The van der Waals surface area contributed by atoms with E-state index in [-0.39, 0.29) is 12.3 Å². The van der Waals surface area contributed by atoms with Crippen LogP contribution in [-0.2, 0) is 23.8 Å². The lowest BCUT2D eigenvalue weighted by molar-refractivity contribution is -0.122. The first kappa shape index (κ1) is 20.9. The van der Waals surface area contributed by atoms with E-state index < -0.39 is 5.91 Å². The number of nitrogens with one attached hydrogen (secondary N) is 2. The maximum Gasteiger partial charge on any atom is 0.251 e. The van der Waals surface area contributed by atoms with Gasteiger partial charge in [0.15, 0.2) is 6.23 Å². The van der Waals surface area contributed by atoms with Gasteiger partial charge in [-0.2, -0.15) is 0 Å². The van der Waals surface area contributed by atoms with Crippen molar-refractivity contribution < 1.29 is 23.8 Å². The van der Waals surface area contributed by atoms with Gasteiger partial charge in [-0.15, -0.1) is 0 Å². The minimum absolute atomic E-state index is 0.137. The molecule has 2 N–H and O–H groups in total. The number of amides is 2. The number of hydrogen-bond acceptors (Lipinski definition) is 8. The van der Waals surface area contributed by atoms with Crippen LogP contribution in [0.25, 0.3) is 0 Å². The van der Waals surface area contributed by atoms with Crippen molar-refractivity contribution in [3.05, 3.63) is 12.3 Å². The summed E-state index contributed by atoms with van der Waals surface area (Å²) in [4.78, 5) is 23.1. The number of carbonyl (C=O) groups is 2. The van der Waals surface area contributed by atoms with Crippen LogP contribution in [0.1, 0.15) is 0 Å². The van der Waals surface area contributed by atoms with Crippen LogP contribution in [0, 0.1) is 0 Å². The van der Waals surface area contributed by atoms with E-state index in [1.165, 1.54) is 24.2 Å². The van der Waals surface area contributed by atoms with E-state index in [2.05, 4.69) is 4.72 Å². The smallest absolute Gasteiger partial charge is 0.251 e. The Morgan fingerprint density at radius 1 is 1.32 bits per heavy atom. The summed E-state index contributed by atoms with van der Waals surface area (Å²) in [6.45, 7) is 0.763. The molecule has 0 saturated carbocycles. The first-order valence-electron chi connectivity index (χ1n) is 6.65. The van der Waals surface area contributed by atoms with Gasteiger partial charge in [0.25, 0.3) is 5.91 Å². The van der Waals surface area contributed by atoms with Gasteiger partial charge in [-0.05, 0) is 7.05 Å². The number of rotatable bonds is 13. The second-order valence-corrected chi connectivity index (χ2v) is 5.28. The second kappa shape index (κ2) is 13.5. The molecule has 0 radical (unpaired) electrons. The minimum atomic E-state index is -0.503. The van der Waals surface area contributed by atoms with E-state index in [0.29, 0.717) is 25.4 Å². The van der Waals surface area contributed by atoms with E-state index in [1.807, 2.05) is 12.4 Å². The van der Waals surface area contributed by atoms with Crippen molar-refractivity contribution >= 4 is 24.3 Å². The molecule has 2 amide bonds. The average molecular weight is 335 g/mol. The van der Waals surface area contributed by atoms with E-state index in [4.69, 9.17) is 14.2 Å². The molecule has 0 aliphatic carbocycles. The third-order valence-corrected chi connectivity index (χ3v) is 3.37. The molecule has 9 heteroatoms. The molecule has 0 aromatic heterocycles. The van der Waals surface area contributed by atoms with Crippen LogP contribution in [0.5, 0.6) is 0 Å². The van der Waals surface area contributed by atoms with Gasteiger partial charge in [-0.25, -0.2) is 0 Å². The molecule has 0 aromatic carbocycles. The van der Waals surface area contributed by atoms with E-state index in [1.54, 1.807) is 26.2 Å². The summed E-state index contributed by atoms with van der Waals surface area (Å²) >= 11 is 1.52. The van der Waals surface area contributed by atoms with Crippen molar-refractivity contribution in [3.63, 3.8) is 0 Å². The number of hydrogen-bond donors (Lipinski definition) is 2. The van der Waals surface area contributed by atoms with Crippen LogP contribution in [-0.4, -0.2) is 76.8 Å². The van der Waals surface area contributed by atoms with E-state index >= 15 is 0 Å². The SMILES string of the molecule is CNSCC(COC)OC(COC)N(C)/C=C\C(=O)NC=O. The molecule has 0 spiro atoms. The maximum atomic E-state index is 11.2. The molecular weight excluding hydrogens is 310 g/mol. The highest BCUT2D eigenvalue weighted by atomic mass is 32.2. The number of imide groups is 1. The average Bonchev–Trinajstić information content (AvgIpc) is 2.50. The van der Waals surface area contributed by atoms with Gasteiger partial charge in [0.2, 0.25) is 6.41 Å². The van der Waals surface area contributed by atoms with Gasteiger partial charge in [-0.1, -0.05) is 11.9 Å². The van der Waals surface area contributed by atoms with Crippen molar-refractivity contribution in [2.45, 2.75) is 12.3 Å². The largest absolute Gasteiger partial charge is 0.382 e. The van der Waals surface area contributed by atoms with Crippen LogP contribution >= 0.6 is 11.9 Å². The monoisotopic (exact) mass is 335 g/mol. The summed E-state index contributed by atoms with van der Waals surface area (Å²) in [5.74, 6) is 0.200. The van der Waals surface area contributed by atoms with Crippen LogP contribution < -0.4 is 10.0 Å².